The van der Waals surface area contributed by atoms with Crippen LogP contribution in [-0.4, -0.2) is 12.7 Å². The van der Waals surface area contributed by atoms with E-state index in [1.165, 1.54) is 0 Å². The van der Waals surface area contributed by atoms with Gasteiger partial charge >= 0.3 is 6.18 Å². The second-order valence-corrected chi connectivity index (χ2v) is 4.14. The van der Waals surface area contributed by atoms with Crippen LogP contribution >= 0.6 is 0 Å². The number of nitrogens with one attached hydrogen (secondary N) is 1. The minimum atomic E-state index is -4.30. The van der Waals surface area contributed by atoms with E-state index >= 15 is 0 Å². The number of fused-ring (bicyclic) bond motifs is 1. The van der Waals surface area contributed by atoms with E-state index in [0.717, 1.165) is 5.56 Å². The van der Waals surface area contributed by atoms with Crippen molar-refractivity contribution >= 4 is 0 Å². The molecule has 1 aromatic rings. The summed E-state index contributed by atoms with van der Waals surface area (Å²) < 4.78 is 36.7. The van der Waals surface area contributed by atoms with E-state index in [0.29, 0.717) is 18.4 Å². The van der Waals surface area contributed by atoms with Gasteiger partial charge in [0.15, 0.2) is 0 Å². The number of nitriles is 1. The lowest BCUT2D eigenvalue weighted by Gasteiger charge is -2.24. The molecule has 0 aliphatic heterocycles. The van der Waals surface area contributed by atoms with Crippen LogP contribution in [0.4, 0.5) is 13.2 Å². The average molecular weight is 240 g/mol. The van der Waals surface area contributed by atoms with Crippen LogP contribution in [0.3, 0.4) is 0 Å². The molecule has 0 fully saturated rings. The Hall–Kier alpha value is -1.54. The van der Waals surface area contributed by atoms with E-state index in [-0.39, 0.29) is 0 Å². The molecular weight excluding hydrogens is 229 g/mol. The summed E-state index contributed by atoms with van der Waals surface area (Å²) in [7, 11) is 0. The summed E-state index contributed by atoms with van der Waals surface area (Å²) in [5, 5.41) is 11.5. The van der Waals surface area contributed by atoms with Crippen molar-refractivity contribution in [1.29, 1.82) is 5.26 Å². The lowest BCUT2D eigenvalue weighted by atomic mass is 9.93. The number of hydrogen-bond donors (Lipinski definition) is 1. The van der Waals surface area contributed by atoms with Crippen molar-refractivity contribution in [3.05, 3.63) is 35.4 Å². The minimum absolute atomic E-state index is 0.388. The fraction of sp³-hybridized carbons (Fsp3) is 0.417. The summed E-state index contributed by atoms with van der Waals surface area (Å²) in [6, 6.07) is 9.13. The minimum Gasteiger partial charge on any atom is -0.287 e. The van der Waals surface area contributed by atoms with Gasteiger partial charge in [-0.3, -0.25) is 5.32 Å². The molecule has 2 rings (SSSR count). The SMILES string of the molecule is N#CC1(NCC(F)(F)F)CCc2ccccc21. The maximum absolute atomic E-state index is 12.2. The Morgan fingerprint density at radius 2 is 2.06 bits per heavy atom. The number of nitrogens with zero attached hydrogens (tertiary/aromatic N) is 1. The van der Waals surface area contributed by atoms with Crippen LogP contribution in [0.1, 0.15) is 17.5 Å². The van der Waals surface area contributed by atoms with Gasteiger partial charge in [-0.05, 0) is 24.0 Å². The molecule has 90 valence electrons. The first kappa shape index (κ1) is 11.9. The van der Waals surface area contributed by atoms with Crippen molar-refractivity contribution in [1.82, 2.24) is 5.32 Å². The van der Waals surface area contributed by atoms with Crippen molar-refractivity contribution in [2.75, 3.05) is 6.54 Å². The maximum Gasteiger partial charge on any atom is 0.401 e. The Morgan fingerprint density at radius 3 is 2.71 bits per heavy atom. The Morgan fingerprint density at radius 1 is 1.35 bits per heavy atom. The van der Waals surface area contributed by atoms with Gasteiger partial charge in [0.25, 0.3) is 0 Å². The average Bonchev–Trinajstić information content (AvgIpc) is 2.66. The number of benzene rings is 1. The first-order chi connectivity index (χ1) is 7.97. The molecule has 0 heterocycles. The van der Waals surface area contributed by atoms with Crippen LogP contribution in [0, 0.1) is 11.3 Å². The molecule has 1 aliphatic carbocycles. The molecule has 1 aromatic carbocycles. The van der Waals surface area contributed by atoms with Gasteiger partial charge in [-0.1, -0.05) is 24.3 Å². The van der Waals surface area contributed by atoms with Gasteiger partial charge in [0.2, 0.25) is 0 Å². The predicted molar refractivity (Wildman–Crippen MR) is 56.1 cm³/mol. The summed E-state index contributed by atoms with van der Waals surface area (Å²) in [4.78, 5) is 0. The van der Waals surface area contributed by atoms with Crippen LogP contribution in [0.25, 0.3) is 0 Å². The van der Waals surface area contributed by atoms with E-state index in [1.807, 2.05) is 18.2 Å². The van der Waals surface area contributed by atoms with Gasteiger partial charge in [-0.25, -0.2) is 0 Å². The molecule has 0 spiro atoms. The van der Waals surface area contributed by atoms with Gasteiger partial charge in [-0.2, -0.15) is 18.4 Å². The van der Waals surface area contributed by atoms with E-state index in [1.54, 1.807) is 12.1 Å². The zero-order valence-corrected chi connectivity index (χ0v) is 9.01. The van der Waals surface area contributed by atoms with Crippen molar-refractivity contribution in [3.63, 3.8) is 0 Å². The third kappa shape index (κ3) is 2.27. The number of halogens is 3. The monoisotopic (exact) mass is 240 g/mol. The van der Waals surface area contributed by atoms with Crippen LogP contribution in [0.15, 0.2) is 24.3 Å². The largest absolute Gasteiger partial charge is 0.401 e. The Labute approximate surface area is 97.1 Å². The lowest BCUT2D eigenvalue weighted by Crippen LogP contribution is -2.44. The summed E-state index contributed by atoms with van der Waals surface area (Å²) >= 11 is 0. The van der Waals surface area contributed by atoms with Crippen molar-refractivity contribution in [2.24, 2.45) is 0 Å². The van der Waals surface area contributed by atoms with Crippen LogP contribution in [0.5, 0.6) is 0 Å². The van der Waals surface area contributed by atoms with Crippen molar-refractivity contribution < 1.29 is 13.2 Å². The van der Waals surface area contributed by atoms with E-state index in [2.05, 4.69) is 5.32 Å². The smallest absolute Gasteiger partial charge is 0.287 e. The molecule has 1 N–H and O–H groups in total. The van der Waals surface area contributed by atoms with Crippen LogP contribution in [0.2, 0.25) is 0 Å². The molecule has 1 atom stereocenters. The molecule has 0 amide bonds. The number of alkyl halides is 3. The fourth-order valence-electron chi connectivity index (χ4n) is 2.20. The summed E-state index contributed by atoms with van der Waals surface area (Å²) in [5.41, 5.74) is 0.432. The number of rotatable bonds is 2. The molecule has 17 heavy (non-hydrogen) atoms. The number of hydrogen-bond acceptors (Lipinski definition) is 2. The standard InChI is InChI=1S/C12H11F3N2/c13-12(14,15)8-17-11(7-16)6-5-9-3-1-2-4-10(9)11/h1-4,17H,5-6,8H2. The molecule has 1 aliphatic rings. The Bertz CT molecular complexity index is 462. The molecular formula is C12H11F3N2. The topological polar surface area (TPSA) is 35.8 Å². The zero-order valence-electron chi connectivity index (χ0n) is 9.01. The summed E-state index contributed by atoms with van der Waals surface area (Å²) in [6.45, 7) is -1.14. The Balaban J connectivity index is 2.26. The first-order valence-corrected chi connectivity index (χ1v) is 5.28. The molecule has 1 unspecified atom stereocenters. The summed E-state index contributed by atoms with van der Waals surface area (Å²) in [6.07, 6.45) is -3.28. The van der Waals surface area contributed by atoms with Crippen LogP contribution in [-0.2, 0) is 12.0 Å². The van der Waals surface area contributed by atoms with Crippen LogP contribution < -0.4 is 5.32 Å². The third-order valence-corrected chi connectivity index (χ3v) is 3.03. The second kappa shape index (κ2) is 4.04. The molecule has 0 radical (unpaired) electrons. The second-order valence-electron chi connectivity index (χ2n) is 4.14. The van der Waals surface area contributed by atoms with Crippen molar-refractivity contribution in [3.8, 4) is 6.07 Å². The molecule has 0 aromatic heterocycles. The van der Waals surface area contributed by atoms with Gasteiger partial charge in [0.05, 0.1) is 12.6 Å². The molecule has 0 bridgehead atoms. The normalized spacial score (nSPS) is 23.2. The quantitative estimate of drug-likeness (QED) is 0.862. The first-order valence-electron chi connectivity index (χ1n) is 5.28. The highest BCUT2D eigenvalue weighted by Crippen LogP contribution is 2.36. The van der Waals surface area contributed by atoms with E-state index in [4.69, 9.17) is 0 Å². The molecule has 5 heteroatoms. The number of aryl methyl sites for hydroxylation is 1. The Kier molecular flexibility index (Phi) is 2.84. The highest BCUT2D eigenvalue weighted by atomic mass is 19.4. The molecule has 2 nitrogen and oxygen atoms in total. The molecule has 0 saturated carbocycles. The van der Waals surface area contributed by atoms with E-state index in [9.17, 15) is 18.4 Å². The third-order valence-electron chi connectivity index (χ3n) is 3.03. The highest BCUT2D eigenvalue weighted by Gasteiger charge is 2.41. The molecule has 0 saturated heterocycles. The van der Waals surface area contributed by atoms with Gasteiger partial charge in [0, 0.05) is 0 Å². The van der Waals surface area contributed by atoms with Gasteiger partial charge in [-0.15, -0.1) is 0 Å². The fourth-order valence-corrected chi connectivity index (χ4v) is 2.20. The lowest BCUT2D eigenvalue weighted by molar-refractivity contribution is -0.127. The maximum atomic E-state index is 12.2. The predicted octanol–water partition coefficient (Wildman–Crippen LogP) is 2.50. The van der Waals surface area contributed by atoms with Crippen molar-refractivity contribution in [2.45, 2.75) is 24.6 Å². The highest BCUT2D eigenvalue weighted by molar-refractivity contribution is 5.43. The van der Waals surface area contributed by atoms with Gasteiger partial charge in [0.1, 0.15) is 5.54 Å². The van der Waals surface area contributed by atoms with E-state index < -0.39 is 18.3 Å². The summed E-state index contributed by atoms with van der Waals surface area (Å²) in [5.74, 6) is 0. The zero-order chi connectivity index (χ0) is 12.5. The van der Waals surface area contributed by atoms with Gasteiger partial charge < -0.3 is 0 Å².